The summed E-state index contributed by atoms with van der Waals surface area (Å²) in [6, 6.07) is 0.00720. The number of carboxylic acids is 1. The Bertz CT molecular complexity index is 380. The summed E-state index contributed by atoms with van der Waals surface area (Å²) in [6.45, 7) is 4.14. The van der Waals surface area contributed by atoms with Gasteiger partial charge in [0.1, 0.15) is 0 Å². The van der Waals surface area contributed by atoms with Crippen LogP contribution >= 0.6 is 0 Å². The molecule has 0 aliphatic carbocycles. The maximum atomic E-state index is 12.6. The third-order valence-corrected chi connectivity index (χ3v) is 4.58. The summed E-state index contributed by atoms with van der Waals surface area (Å²) in [6.07, 6.45) is 5.29. The third-order valence-electron chi connectivity index (χ3n) is 4.58. The fourth-order valence-electron chi connectivity index (χ4n) is 3.14. The molecule has 0 aromatic rings. The predicted octanol–water partition coefficient (Wildman–Crippen LogP) is 1.98. The average Bonchev–Trinajstić information content (AvgIpc) is 2.45. The molecule has 2 fully saturated rings. The number of amides is 2. The summed E-state index contributed by atoms with van der Waals surface area (Å²) in [4.78, 5) is 25.1. The van der Waals surface area contributed by atoms with Crippen molar-refractivity contribution in [3.05, 3.63) is 0 Å². The fourth-order valence-corrected chi connectivity index (χ4v) is 3.14. The van der Waals surface area contributed by atoms with Gasteiger partial charge in [0.2, 0.25) is 0 Å². The molecular formula is C15H26N2O4. The number of nitrogens with one attached hydrogen (secondary N) is 1. The Hall–Kier alpha value is -1.30. The van der Waals surface area contributed by atoms with E-state index in [9.17, 15) is 9.59 Å². The molecule has 2 aliphatic heterocycles. The number of carbonyl (C=O) groups excluding carboxylic acids is 1. The van der Waals surface area contributed by atoms with Gasteiger partial charge in [0, 0.05) is 37.8 Å². The second kappa shape index (κ2) is 7.11. The van der Waals surface area contributed by atoms with Crippen molar-refractivity contribution in [3.8, 4) is 0 Å². The highest BCUT2D eigenvalue weighted by Crippen LogP contribution is 2.24. The zero-order chi connectivity index (χ0) is 15.3. The van der Waals surface area contributed by atoms with Gasteiger partial charge in [0.15, 0.2) is 0 Å². The molecule has 0 aromatic heterocycles. The second-order valence-electron chi connectivity index (χ2n) is 6.38. The number of hydrogen-bond acceptors (Lipinski definition) is 3. The molecule has 2 aliphatic rings. The highest BCUT2D eigenvalue weighted by molar-refractivity contribution is 5.75. The maximum absolute atomic E-state index is 12.6. The lowest BCUT2D eigenvalue weighted by molar-refractivity contribution is -0.137. The molecule has 1 atom stereocenters. The highest BCUT2D eigenvalue weighted by Gasteiger charge is 2.33. The van der Waals surface area contributed by atoms with E-state index < -0.39 is 5.97 Å². The average molecular weight is 298 g/mol. The SMILES string of the molecule is CC1(NC(=O)N2CCCCC2CCC(=O)O)CCOCC1. The molecule has 21 heavy (non-hydrogen) atoms. The maximum Gasteiger partial charge on any atom is 0.318 e. The number of carbonyl (C=O) groups is 2. The Kier molecular flexibility index (Phi) is 5.45. The molecule has 0 bridgehead atoms. The molecule has 2 N–H and O–H groups in total. The van der Waals surface area contributed by atoms with Gasteiger partial charge in [-0.3, -0.25) is 4.79 Å². The van der Waals surface area contributed by atoms with Gasteiger partial charge in [-0.25, -0.2) is 4.79 Å². The van der Waals surface area contributed by atoms with Crippen molar-refractivity contribution in [2.75, 3.05) is 19.8 Å². The molecule has 0 radical (unpaired) electrons. The summed E-state index contributed by atoms with van der Waals surface area (Å²) in [5.74, 6) is -0.794. The number of likely N-dealkylation sites (tertiary alicyclic amines) is 1. The van der Waals surface area contributed by atoms with E-state index >= 15 is 0 Å². The number of nitrogens with zero attached hydrogens (tertiary/aromatic N) is 1. The second-order valence-corrected chi connectivity index (χ2v) is 6.38. The first-order valence-electron chi connectivity index (χ1n) is 7.88. The van der Waals surface area contributed by atoms with Crippen LogP contribution in [0.25, 0.3) is 0 Å². The zero-order valence-corrected chi connectivity index (χ0v) is 12.8. The number of aliphatic carboxylic acids is 1. The Morgan fingerprint density at radius 3 is 2.71 bits per heavy atom. The molecule has 2 saturated heterocycles. The van der Waals surface area contributed by atoms with Gasteiger partial charge in [-0.05, 0) is 45.4 Å². The molecule has 2 amide bonds. The summed E-state index contributed by atoms with van der Waals surface area (Å²) < 4.78 is 5.35. The first kappa shape index (κ1) is 16.1. The molecule has 6 nitrogen and oxygen atoms in total. The molecule has 1 unspecified atom stereocenters. The van der Waals surface area contributed by atoms with Gasteiger partial charge in [-0.1, -0.05) is 0 Å². The minimum Gasteiger partial charge on any atom is -0.481 e. The predicted molar refractivity (Wildman–Crippen MR) is 78.2 cm³/mol. The Morgan fingerprint density at radius 1 is 1.33 bits per heavy atom. The van der Waals surface area contributed by atoms with E-state index in [-0.39, 0.29) is 24.0 Å². The van der Waals surface area contributed by atoms with Crippen LogP contribution in [0.1, 0.15) is 51.9 Å². The van der Waals surface area contributed by atoms with Crippen molar-refractivity contribution in [2.24, 2.45) is 0 Å². The van der Waals surface area contributed by atoms with Crippen LogP contribution in [0.2, 0.25) is 0 Å². The van der Waals surface area contributed by atoms with Crippen molar-refractivity contribution in [2.45, 2.75) is 63.5 Å². The number of carboxylic acid groups (broad SMARTS) is 1. The lowest BCUT2D eigenvalue weighted by Gasteiger charge is -2.40. The van der Waals surface area contributed by atoms with Gasteiger partial charge in [0.25, 0.3) is 0 Å². The molecule has 2 heterocycles. The van der Waals surface area contributed by atoms with E-state index in [0.717, 1.165) is 38.6 Å². The molecule has 0 saturated carbocycles. The van der Waals surface area contributed by atoms with Gasteiger partial charge < -0.3 is 20.1 Å². The largest absolute Gasteiger partial charge is 0.481 e. The fraction of sp³-hybridized carbons (Fsp3) is 0.867. The zero-order valence-electron chi connectivity index (χ0n) is 12.8. The molecule has 6 heteroatoms. The van der Waals surface area contributed by atoms with Gasteiger partial charge in [-0.15, -0.1) is 0 Å². The molecule has 0 spiro atoms. The van der Waals surface area contributed by atoms with Crippen LogP contribution < -0.4 is 5.32 Å². The van der Waals surface area contributed by atoms with E-state index in [0.29, 0.717) is 19.6 Å². The first-order chi connectivity index (χ1) is 10.0. The number of urea groups is 1. The van der Waals surface area contributed by atoms with Crippen LogP contribution in [0.4, 0.5) is 4.79 Å². The van der Waals surface area contributed by atoms with Gasteiger partial charge in [-0.2, -0.15) is 0 Å². The Balaban J connectivity index is 1.92. The monoisotopic (exact) mass is 298 g/mol. The van der Waals surface area contributed by atoms with Crippen molar-refractivity contribution in [3.63, 3.8) is 0 Å². The molecule has 2 rings (SSSR count). The number of rotatable bonds is 4. The van der Waals surface area contributed by atoms with E-state index in [2.05, 4.69) is 12.2 Å². The summed E-state index contributed by atoms with van der Waals surface area (Å²) in [5.41, 5.74) is -0.204. The van der Waals surface area contributed by atoms with E-state index in [1.54, 1.807) is 0 Å². The quantitative estimate of drug-likeness (QED) is 0.832. The molecular weight excluding hydrogens is 272 g/mol. The van der Waals surface area contributed by atoms with Crippen LogP contribution in [0.15, 0.2) is 0 Å². The smallest absolute Gasteiger partial charge is 0.318 e. The standard InChI is InChI=1S/C15H26N2O4/c1-15(7-10-21-11-8-15)16-14(20)17-9-3-2-4-12(17)5-6-13(18)19/h12H,2-11H2,1H3,(H,16,20)(H,18,19). The minimum absolute atomic E-state index is 0.0468. The van der Waals surface area contributed by atoms with E-state index in [1.807, 2.05) is 4.90 Å². The van der Waals surface area contributed by atoms with Crippen molar-refractivity contribution >= 4 is 12.0 Å². The van der Waals surface area contributed by atoms with E-state index in [4.69, 9.17) is 9.84 Å². The van der Waals surface area contributed by atoms with Crippen LogP contribution in [0.3, 0.4) is 0 Å². The number of hydrogen-bond donors (Lipinski definition) is 2. The van der Waals surface area contributed by atoms with Gasteiger partial charge in [0.05, 0.1) is 0 Å². The first-order valence-corrected chi connectivity index (χ1v) is 7.88. The number of piperidine rings is 1. The van der Waals surface area contributed by atoms with Crippen LogP contribution in [0, 0.1) is 0 Å². The van der Waals surface area contributed by atoms with Crippen LogP contribution in [0.5, 0.6) is 0 Å². The topological polar surface area (TPSA) is 78.9 Å². The van der Waals surface area contributed by atoms with Crippen molar-refractivity contribution < 1.29 is 19.4 Å². The molecule has 120 valence electrons. The lowest BCUT2D eigenvalue weighted by atomic mass is 9.92. The number of ether oxygens (including phenoxy) is 1. The van der Waals surface area contributed by atoms with Crippen LogP contribution in [-0.2, 0) is 9.53 Å². The van der Waals surface area contributed by atoms with Crippen molar-refractivity contribution in [1.82, 2.24) is 10.2 Å². The van der Waals surface area contributed by atoms with Gasteiger partial charge >= 0.3 is 12.0 Å². The third kappa shape index (κ3) is 4.59. The summed E-state index contributed by atoms with van der Waals surface area (Å²) in [7, 11) is 0. The summed E-state index contributed by atoms with van der Waals surface area (Å²) >= 11 is 0. The van der Waals surface area contributed by atoms with Crippen molar-refractivity contribution in [1.29, 1.82) is 0 Å². The van der Waals surface area contributed by atoms with Crippen LogP contribution in [-0.4, -0.2) is 53.3 Å². The summed E-state index contributed by atoms with van der Waals surface area (Å²) in [5, 5.41) is 12.0. The Labute approximate surface area is 125 Å². The van der Waals surface area contributed by atoms with E-state index in [1.165, 1.54) is 0 Å². The Morgan fingerprint density at radius 2 is 2.05 bits per heavy atom. The minimum atomic E-state index is -0.794. The highest BCUT2D eigenvalue weighted by atomic mass is 16.5. The normalized spacial score (nSPS) is 25.4. The molecule has 0 aromatic carbocycles. The lowest BCUT2D eigenvalue weighted by Crippen LogP contribution is -2.57.